The first kappa shape index (κ1) is 13.1. The third kappa shape index (κ3) is 2.54. The molecule has 0 bridgehead atoms. The van der Waals surface area contributed by atoms with Crippen LogP contribution in [0.15, 0.2) is 30.3 Å². The zero-order chi connectivity index (χ0) is 14.0. The van der Waals surface area contributed by atoms with Crippen molar-refractivity contribution in [2.45, 2.75) is 18.4 Å². The smallest absolute Gasteiger partial charge is 0.253 e. The van der Waals surface area contributed by atoms with Crippen molar-refractivity contribution in [2.75, 3.05) is 26.2 Å². The molecule has 1 spiro atoms. The third-order valence-electron chi connectivity index (χ3n) is 4.10. The van der Waals surface area contributed by atoms with E-state index in [1.165, 1.54) is 0 Å². The van der Waals surface area contributed by atoms with Gasteiger partial charge in [-0.25, -0.2) is 0 Å². The summed E-state index contributed by atoms with van der Waals surface area (Å²) in [4.78, 5) is 25.3. The van der Waals surface area contributed by atoms with Gasteiger partial charge in [-0.1, -0.05) is 18.2 Å². The minimum atomic E-state index is -0.276. The lowest BCUT2D eigenvalue weighted by Gasteiger charge is -2.43. The topological polar surface area (TPSA) is 58.6 Å². The SMILES string of the molecule is O=C1COC2(CCN(C(=O)c3ccccc3)CC2)CN1. The fraction of sp³-hybridized carbons (Fsp3) is 0.467. The highest BCUT2D eigenvalue weighted by Gasteiger charge is 2.39. The van der Waals surface area contributed by atoms with Crippen molar-refractivity contribution < 1.29 is 14.3 Å². The van der Waals surface area contributed by atoms with Crippen LogP contribution in [0.1, 0.15) is 23.2 Å². The van der Waals surface area contributed by atoms with Gasteiger partial charge in [0.25, 0.3) is 5.91 Å². The number of nitrogens with zero attached hydrogens (tertiary/aromatic N) is 1. The molecule has 2 aliphatic heterocycles. The fourth-order valence-electron chi connectivity index (χ4n) is 2.78. The molecule has 0 unspecified atom stereocenters. The Hall–Kier alpha value is -1.88. The quantitative estimate of drug-likeness (QED) is 0.824. The molecule has 2 amide bonds. The Morgan fingerprint density at radius 1 is 1.20 bits per heavy atom. The van der Waals surface area contributed by atoms with Crippen LogP contribution in [-0.4, -0.2) is 48.6 Å². The van der Waals surface area contributed by atoms with Crippen LogP contribution in [0.3, 0.4) is 0 Å². The summed E-state index contributed by atoms with van der Waals surface area (Å²) in [6.07, 6.45) is 1.54. The van der Waals surface area contributed by atoms with Crippen molar-refractivity contribution in [1.82, 2.24) is 10.2 Å². The van der Waals surface area contributed by atoms with Crippen LogP contribution >= 0.6 is 0 Å². The number of hydrogen-bond donors (Lipinski definition) is 1. The standard InChI is InChI=1S/C15H18N2O3/c18-13-10-20-15(11-16-13)6-8-17(9-7-15)14(19)12-4-2-1-3-5-12/h1-5H,6-11H2,(H,16,18). The van der Waals surface area contributed by atoms with Crippen molar-refractivity contribution in [3.05, 3.63) is 35.9 Å². The highest BCUT2D eigenvalue weighted by Crippen LogP contribution is 2.28. The number of likely N-dealkylation sites (tertiary alicyclic amines) is 1. The average molecular weight is 274 g/mol. The number of carbonyl (C=O) groups is 2. The number of hydrogen-bond acceptors (Lipinski definition) is 3. The Kier molecular flexibility index (Phi) is 3.44. The van der Waals surface area contributed by atoms with Crippen molar-refractivity contribution in [3.63, 3.8) is 0 Å². The number of piperidine rings is 1. The lowest BCUT2D eigenvalue weighted by molar-refractivity contribution is -0.149. The van der Waals surface area contributed by atoms with E-state index in [2.05, 4.69) is 5.32 Å². The van der Waals surface area contributed by atoms with Gasteiger partial charge in [0.1, 0.15) is 6.61 Å². The van der Waals surface area contributed by atoms with Crippen LogP contribution < -0.4 is 5.32 Å². The lowest BCUT2D eigenvalue weighted by atomic mass is 9.89. The second-order valence-electron chi connectivity index (χ2n) is 5.41. The minimum Gasteiger partial charge on any atom is -0.363 e. The van der Waals surface area contributed by atoms with Gasteiger partial charge >= 0.3 is 0 Å². The van der Waals surface area contributed by atoms with Crippen molar-refractivity contribution in [3.8, 4) is 0 Å². The molecule has 2 heterocycles. The molecule has 1 N–H and O–H groups in total. The van der Waals surface area contributed by atoms with Crippen molar-refractivity contribution in [2.24, 2.45) is 0 Å². The molecule has 5 heteroatoms. The second-order valence-corrected chi connectivity index (χ2v) is 5.41. The van der Waals surface area contributed by atoms with Gasteiger partial charge in [0.15, 0.2) is 0 Å². The summed E-state index contributed by atoms with van der Waals surface area (Å²) in [7, 11) is 0. The van der Waals surface area contributed by atoms with Crippen LogP contribution in [0.5, 0.6) is 0 Å². The van der Waals surface area contributed by atoms with Crippen molar-refractivity contribution >= 4 is 11.8 Å². The maximum atomic E-state index is 12.3. The summed E-state index contributed by atoms with van der Waals surface area (Å²) in [6, 6.07) is 9.32. The molecule has 106 valence electrons. The first-order valence-corrected chi connectivity index (χ1v) is 6.94. The molecule has 2 fully saturated rings. The van der Waals surface area contributed by atoms with E-state index in [1.54, 1.807) is 0 Å². The largest absolute Gasteiger partial charge is 0.363 e. The highest BCUT2D eigenvalue weighted by molar-refractivity contribution is 5.94. The maximum Gasteiger partial charge on any atom is 0.253 e. The molecule has 1 aromatic carbocycles. The van der Waals surface area contributed by atoms with Gasteiger partial charge in [-0.05, 0) is 25.0 Å². The lowest BCUT2D eigenvalue weighted by Crippen LogP contribution is -2.58. The monoisotopic (exact) mass is 274 g/mol. The van der Waals surface area contributed by atoms with Gasteiger partial charge in [-0.15, -0.1) is 0 Å². The molecule has 0 atom stereocenters. The Morgan fingerprint density at radius 3 is 2.50 bits per heavy atom. The first-order chi connectivity index (χ1) is 9.69. The Labute approximate surface area is 117 Å². The Bertz CT molecular complexity index is 495. The zero-order valence-electron chi connectivity index (χ0n) is 11.3. The Morgan fingerprint density at radius 2 is 1.90 bits per heavy atom. The first-order valence-electron chi connectivity index (χ1n) is 6.94. The second kappa shape index (κ2) is 5.25. The van der Waals surface area contributed by atoms with E-state index in [0.717, 1.165) is 18.4 Å². The molecule has 0 aliphatic carbocycles. The predicted octanol–water partition coefficient (Wildman–Crippen LogP) is 0.808. The van der Waals surface area contributed by atoms with E-state index in [4.69, 9.17) is 4.74 Å². The van der Waals surface area contributed by atoms with Crippen molar-refractivity contribution in [1.29, 1.82) is 0 Å². The number of ether oxygens (including phenoxy) is 1. The molecule has 2 aliphatic rings. The highest BCUT2D eigenvalue weighted by atomic mass is 16.5. The number of amides is 2. The van der Waals surface area contributed by atoms with Crippen LogP contribution in [0.2, 0.25) is 0 Å². The zero-order valence-corrected chi connectivity index (χ0v) is 11.3. The van der Waals surface area contributed by atoms with E-state index in [1.807, 2.05) is 35.2 Å². The summed E-state index contributed by atoms with van der Waals surface area (Å²) in [5.41, 5.74) is 0.447. The molecular weight excluding hydrogens is 256 g/mol. The summed E-state index contributed by atoms with van der Waals surface area (Å²) in [5, 5.41) is 2.85. The Balaban J connectivity index is 1.61. The van der Waals surface area contributed by atoms with Gasteiger partial charge in [-0.2, -0.15) is 0 Å². The van der Waals surface area contributed by atoms with E-state index in [-0.39, 0.29) is 24.0 Å². The van der Waals surface area contributed by atoms with E-state index < -0.39 is 0 Å². The predicted molar refractivity (Wildman–Crippen MR) is 73.3 cm³/mol. The summed E-state index contributed by atoms with van der Waals surface area (Å²) >= 11 is 0. The normalized spacial score (nSPS) is 21.6. The molecule has 1 aromatic rings. The van der Waals surface area contributed by atoms with E-state index in [9.17, 15) is 9.59 Å². The van der Waals surface area contributed by atoms with Crippen LogP contribution in [0.25, 0.3) is 0 Å². The van der Waals surface area contributed by atoms with Crippen LogP contribution in [0.4, 0.5) is 0 Å². The van der Waals surface area contributed by atoms with Gasteiger partial charge in [0.05, 0.1) is 5.60 Å². The summed E-state index contributed by atoms with van der Waals surface area (Å²) in [6.45, 7) is 2.03. The van der Waals surface area contributed by atoms with E-state index in [0.29, 0.717) is 19.6 Å². The molecule has 20 heavy (non-hydrogen) atoms. The van der Waals surface area contributed by atoms with Gasteiger partial charge in [0, 0.05) is 25.2 Å². The van der Waals surface area contributed by atoms with Crippen LogP contribution in [0, 0.1) is 0 Å². The van der Waals surface area contributed by atoms with Gasteiger partial charge in [0.2, 0.25) is 5.91 Å². The van der Waals surface area contributed by atoms with Gasteiger partial charge in [-0.3, -0.25) is 9.59 Å². The summed E-state index contributed by atoms with van der Waals surface area (Å²) < 4.78 is 5.70. The fourth-order valence-corrected chi connectivity index (χ4v) is 2.78. The summed E-state index contributed by atoms with van der Waals surface area (Å²) in [5.74, 6) is 0.0127. The van der Waals surface area contributed by atoms with E-state index >= 15 is 0 Å². The molecule has 0 radical (unpaired) electrons. The third-order valence-corrected chi connectivity index (χ3v) is 4.10. The number of nitrogens with one attached hydrogen (secondary N) is 1. The molecule has 5 nitrogen and oxygen atoms in total. The number of morpholine rings is 1. The molecule has 0 aromatic heterocycles. The van der Waals surface area contributed by atoms with Gasteiger partial charge < -0.3 is 15.0 Å². The average Bonchev–Trinajstić information content (AvgIpc) is 2.52. The number of benzene rings is 1. The molecule has 3 rings (SSSR count). The van der Waals surface area contributed by atoms with Crippen LogP contribution in [-0.2, 0) is 9.53 Å². The molecular formula is C15H18N2O3. The molecule has 2 saturated heterocycles. The minimum absolute atomic E-state index is 0.0570. The number of rotatable bonds is 1. The number of carbonyl (C=O) groups excluding carboxylic acids is 2. The maximum absolute atomic E-state index is 12.3. The molecule has 0 saturated carbocycles.